The van der Waals surface area contributed by atoms with Crippen LogP contribution >= 0.6 is 23.4 Å². The number of hydrogen-bond donors (Lipinski definition) is 0. The van der Waals surface area contributed by atoms with Crippen molar-refractivity contribution in [1.82, 2.24) is 4.98 Å². The smallest absolute Gasteiger partial charge is 0.317 e. The lowest BCUT2D eigenvalue weighted by molar-refractivity contribution is -0.603. The first-order valence-corrected chi connectivity index (χ1v) is 8.14. The molecule has 7 heteroatoms. The number of benzene rings is 2. The molecule has 0 unspecified atom stereocenters. The summed E-state index contributed by atoms with van der Waals surface area (Å²) in [5.74, 6) is -2.39. The van der Waals surface area contributed by atoms with Gasteiger partial charge < -0.3 is 5.21 Å². The molecule has 23 heavy (non-hydrogen) atoms. The highest BCUT2D eigenvalue weighted by Crippen LogP contribution is 2.31. The Bertz CT molecular complexity index is 846. The van der Waals surface area contributed by atoms with Gasteiger partial charge >= 0.3 is 5.82 Å². The topological polar surface area (TPSA) is 39.8 Å². The predicted octanol–water partition coefficient (Wildman–Crippen LogP) is 4.59. The summed E-state index contributed by atoms with van der Waals surface area (Å²) in [5, 5.41) is 13.1. The maximum Gasteiger partial charge on any atom is 0.317 e. The molecule has 0 saturated heterocycles. The van der Waals surface area contributed by atoms with Crippen molar-refractivity contribution in [2.24, 2.45) is 0 Å². The third kappa shape index (κ3) is 3.23. The van der Waals surface area contributed by atoms with E-state index in [1.54, 1.807) is 42.5 Å². The second-order valence-corrected chi connectivity index (χ2v) is 6.06. The van der Waals surface area contributed by atoms with Crippen LogP contribution in [0.2, 0.25) is 0 Å². The van der Waals surface area contributed by atoms with E-state index in [2.05, 4.69) is 4.98 Å². The molecule has 0 fully saturated rings. The minimum absolute atomic E-state index is 0.0349. The molecular formula is C16H11ClF2N2OS. The van der Waals surface area contributed by atoms with Gasteiger partial charge in [0.1, 0.15) is 11.6 Å². The summed E-state index contributed by atoms with van der Waals surface area (Å²) in [6.07, 6.45) is 0. The van der Waals surface area contributed by atoms with Crippen LogP contribution in [-0.4, -0.2) is 10.7 Å². The van der Waals surface area contributed by atoms with Gasteiger partial charge in [-0.25, -0.2) is 4.73 Å². The molecule has 0 radical (unpaired) electrons. The van der Waals surface area contributed by atoms with Crippen molar-refractivity contribution < 1.29 is 13.5 Å². The standard InChI is InChI=1S/C16H11ClF2N2OS/c17-9-14-20-13-7-6-11(23-16(18)19)8-12(13)15(21(14)22)10-4-2-1-3-5-10/h1-8,16H,9H2. The molecule has 0 N–H and O–H groups in total. The average molecular weight is 353 g/mol. The SMILES string of the molecule is [O-][n+]1c(CCl)nc2ccc(SC(F)F)cc2c1-c1ccccc1. The average Bonchev–Trinajstić information content (AvgIpc) is 2.54. The molecule has 3 aromatic rings. The predicted molar refractivity (Wildman–Crippen MR) is 87.6 cm³/mol. The number of halogens is 3. The zero-order valence-corrected chi connectivity index (χ0v) is 13.3. The van der Waals surface area contributed by atoms with Crippen LogP contribution in [-0.2, 0) is 5.88 Å². The van der Waals surface area contributed by atoms with Crippen molar-refractivity contribution in [2.75, 3.05) is 0 Å². The van der Waals surface area contributed by atoms with Crippen LogP contribution in [0.4, 0.5) is 8.78 Å². The largest absolute Gasteiger partial charge is 0.710 e. The van der Waals surface area contributed by atoms with Crippen LogP contribution in [0.5, 0.6) is 0 Å². The molecule has 0 saturated carbocycles. The molecule has 3 nitrogen and oxygen atoms in total. The molecule has 2 aromatic carbocycles. The maximum atomic E-state index is 12.6. The Morgan fingerprint density at radius 3 is 2.57 bits per heavy atom. The second kappa shape index (κ2) is 6.68. The van der Waals surface area contributed by atoms with E-state index in [9.17, 15) is 14.0 Å². The molecule has 0 atom stereocenters. The quantitative estimate of drug-likeness (QED) is 0.298. The first-order chi connectivity index (χ1) is 11.1. The molecule has 0 spiro atoms. The van der Waals surface area contributed by atoms with Crippen LogP contribution in [0.15, 0.2) is 53.4 Å². The number of alkyl halides is 3. The van der Waals surface area contributed by atoms with Crippen molar-refractivity contribution in [2.45, 2.75) is 16.5 Å². The Morgan fingerprint density at radius 1 is 1.17 bits per heavy atom. The van der Waals surface area contributed by atoms with Gasteiger partial charge in [0.15, 0.2) is 5.52 Å². The summed E-state index contributed by atoms with van der Waals surface area (Å²) in [6, 6.07) is 13.8. The molecular weight excluding hydrogens is 342 g/mol. The van der Waals surface area contributed by atoms with Gasteiger partial charge in [0.25, 0.3) is 5.76 Å². The van der Waals surface area contributed by atoms with Crippen molar-refractivity contribution >= 4 is 34.3 Å². The van der Waals surface area contributed by atoms with Crippen LogP contribution < -0.4 is 4.73 Å². The van der Waals surface area contributed by atoms with E-state index in [4.69, 9.17) is 11.6 Å². The Hall–Kier alpha value is -1.92. The molecule has 1 heterocycles. The molecule has 0 amide bonds. The highest BCUT2D eigenvalue weighted by atomic mass is 35.5. The van der Waals surface area contributed by atoms with Crippen LogP contribution in [0, 0.1) is 5.21 Å². The minimum atomic E-state index is -2.53. The molecule has 118 valence electrons. The number of nitrogens with zero attached hydrogens (tertiary/aromatic N) is 2. The minimum Gasteiger partial charge on any atom is -0.710 e. The molecule has 3 rings (SSSR count). The highest BCUT2D eigenvalue weighted by Gasteiger charge is 2.20. The van der Waals surface area contributed by atoms with Crippen LogP contribution in [0.1, 0.15) is 5.82 Å². The van der Waals surface area contributed by atoms with Gasteiger partial charge in [-0.05, 0) is 23.2 Å². The molecule has 0 aliphatic heterocycles. The zero-order chi connectivity index (χ0) is 16.4. The Balaban J connectivity index is 2.30. The normalized spacial score (nSPS) is 11.3. The van der Waals surface area contributed by atoms with E-state index in [0.717, 1.165) is 0 Å². The third-order valence-electron chi connectivity index (χ3n) is 3.30. The Morgan fingerprint density at radius 2 is 1.91 bits per heavy atom. The van der Waals surface area contributed by atoms with Gasteiger partial charge in [0.2, 0.25) is 0 Å². The molecule has 0 aliphatic carbocycles. The first-order valence-electron chi connectivity index (χ1n) is 6.72. The fourth-order valence-electron chi connectivity index (χ4n) is 2.35. The fourth-order valence-corrected chi connectivity index (χ4v) is 3.06. The van der Waals surface area contributed by atoms with Crippen LogP contribution in [0.25, 0.3) is 22.2 Å². The molecule has 0 bridgehead atoms. The number of fused-ring (bicyclic) bond motifs is 1. The highest BCUT2D eigenvalue weighted by molar-refractivity contribution is 7.99. The van der Waals surface area contributed by atoms with E-state index in [-0.39, 0.29) is 11.7 Å². The lowest BCUT2D eigenvalue weighted by atomic mass is 10.1. The molecule has 0 aliphatic rings. The van der Waals surface area contributed by atoms with E-state index < -0.39 is 5.76 Å². The van der Waals surface area contributed by atoms with E-state index >= 15 is 0 Å². The lowest BCUT2D eigenvalue weighted by Crippen LogP contribution is -2.35. The number of rotatable bonds is 4. The van der Waals surface area contributed by atoms with Crippen molar-refractivity contribution in [3.63, 3.8) is 0 Å². The van der Waals surface area contributed by atoms with E-state index in [0.29, 0.717) is 43.5 Å². The van der Waals surface area contributed by atoms with Gasteiger partial charge in [-0.15, -0.1) is 11.6 Å². The first kappa shape index (κ1) is 16.0. The summed E-state index contributed by atoms with van der Waals surface area (Å²) in [4.78, 5) is 4.60. The Labute approximate surface area is 140 Å². The van der Waals surface area contributed by atoms with E-state index in [1.165, 1.54) is 0 Å². The van der Waals surface area contributed by atoms with Gasteiger partial charge in [-0.3, -0.25) is 0 Å². The number of aromatic nitrogens is 2. The number of thioether (sulfide) groups is 1. The lowest BCUT2D eigenvalue weighted by Gasteiger charge is -2.14. The van der Waals surface area contributed by atoms with Gasteiger partial charge in [0, 0.05) is 10.5 Å². The second-order valence-electron chi connectivity index (χ2n) is 4.73. The Kier molecular flexibility index (Phi) is 4.63. The summed E-state index contributed by atoms with van der Waals surface area (Å²) >= 11 is 6.24. The summed E-state index contributed by atoms with van der Waals surface area (Å²) in [6.45, 7) is 0. The van der Waals surface area contributed by atoms with Crippen molar-refractivity contribution in [3.8, 4) is 11.3 Å². The summed E-state index contributed by atoms with van der Waals surface area (Å²) in [5.41, 5.74) is 1.59. The van der Waals surface area contributed by atoms with Crippen molar-refractivity contribution in [3.05, 3.63) is 59.6 Å². The zero-order valence-electron chi connectivity index (χ0n) is 11.7. The molecule has 1 aromatic heterocycles. The monoisotopic (exact) mass is 352 g/mol. The summed E-state index contributed by atoms with van der Waals surface area (Å²) < 4.78 is 25.9. The maximum absolute atomic E-state index is 12.6. The third-order valence-corrected chi connectivity index (χ3v) is 4.25. The fraction of sp³-hybridized carbons (Fsp3) is 0.125. The van der Waals surface area contributed by atoms with Gasteiger partial charge in [-0.2, -0.15) is 8.78 Å². The van der Waals surface area contributed by atoms with Crippen LogP contribution in [0.3, 0.4) is 0 Å². The van der Waals surface area contributed by atoms with Crippen molar-refractivity contribution in [1.29, 1.82) is 0 Å². The van der Waals surface area contributed by atoms with Gasteiger partial charge in [-0.1, -0.05) is 42.1 Å². The summed E-state index contributed by atoms with van der Waals surface area (Å²) in [7, 11) is 0. The van der Waals surface area contributed by atoms with E-state index in [1.807, 2.05) is 6.07 Å². The number of hydrogen-bond acceptors (Lipinski definition) is 3. The van der Waals surface area contributed by atoms with Gasteiger partial charge in [0.05, 0.1) is 5.39 Å².